The van der Waals surface area contributed by atoms with Crippen molar-refractivity contribution >= 4 is 29.0 Å². The molecule has 3 aromatic carbocycles. The summed E-state index contributed by atoms with van der Waals surface area (Å²) in [6, 6.07) is 22.6. The molecule has 1 heterocycles. The first-order valence-electron chi connectivity index (χ1n) is 12.7. The van der Waals surface area contributed by atoms with Crippen LogP contribution in [0.3, 0.4) is 0 Å². The molecular formula is C29H34N6O3. The van der Waals surface area contributed by atoms with Gasteiger partial charge in [-0.1, -0.05) is 36.4 Å². The Labute approximate surface area is 222 Å². The van der Waals surface area contributed by atoms with Crippen LogP contribution >= 0.6 is 0 Å². The zero-order valence-electron chi connectivity index (χ0n) is 21.3. The van der Waals surface area contributed by atoms with E-state index in [0.29, 0.717) is 23.8 Å². The number of piperidine rings is 1. The van der Waals surface area contributed by atoms with E-state index < -0.39 is 5.91 Å². The molecule has 2 amide bonds. The smallest absolute Gasteiger partial charge is 0.255 e. The normalized spacial score (nSPS) is 13.5. The highest BCUT2D eigenvalue weighted by Gasteiger charge is 2.17. The molecule has 7 N–H and O–H groups in total. The second-order valence-corrected chi connectivity index (χ2v) is 9.42. The molecule has 9 nitrogen and oxygen atoms in total. The SMILES string of the molecule is N=C(N)c1cccc(N(CC(=O)Nc2ccc(C3CCNCC3)cc2)Cc2cccc(OCC(N)=O)c2)c1. The number of carbonyl (C=O) groups excluding carboxylic acids is 2. The number of hydrogen-bond acceptors (Lipinski definition) is 6. The van der Waals surface area contributed by atoms with Crippen LogP contribution in [0.4, 0.5) is 11.4 Å². The van der Waals surface area contributed by atoms with Crippen molar-refractivity contribution in [2.24, 2.45) is 11.5 Å². The summed E-state index contributed by atoms with van der Waals surface area (Å²) in [5.41, 5.74) is 15.1. The zero-order valence-corrected chi connectivity index (χ0v) is 21.3. The number of rotatable bonds is 11. The first-order chi connectivity index (χ1) is 18.4. The first-order valence-corrected chi connectivity index (χ1v) is 12.7. The van der Waals surface area contributed by atoms with Crippen LogP contribution in [0.1, 0.15) is 35.4 Å². The summed E-state index contributed by atoms with van der Waals surface area (Å²) in [7, 11) is 0. The lowest BCUT2D eigenvalue weighted by Crippen LogP contribution is -2.33. The van der Waals surface area contributed by atoms with Crippen LogP contribution in [-0.4, -0.2) is 43.9 Å². The summed E-state index contributed by atoms with van der Waals surface area (Å²) in [6.45, 7) is 2.31. The van der Waals surface area contributed by atoms with E-state index in [2.05, 4.69) is 22.8 Å². The maximum Gasteiger partial charge on any atom is 0.255 e. The number of anilines is 2. The van der Waals surface area contributed by atoms with Crippen LogP contribution in [0.15, 0.2) is 72.8 Å². The summed E-state index contributed by atoms with van der Waals surface area (Å²) in [5.74, 6) is 0.282. The third kappa shape index (κ3) is 7.57. The van der Waals surface area contributed by atoms with Crippen molar-refractivity contribution in [3.05, 3.63) is 89.5 Å². The van der Waals surface area contributed by atoms with E-state index in [0.717, 1.165) is 42.9 Å². The molecule has 1 aliphatic rings. The number of amides is 2. The van der Waals surface area contributed by atoms with Crippen LogP contribution in [0.2, 0.25) is 0 Å². The van der Waals surface area contributed by atoms with Crippen LogP contribution < -0.4 is 31.7 Å². The molecule has 1 fully saturated rings. The van der Waals surface area contributed by atoms with Gasteiger partial charge >= 0.3 is 0 Å². The largest absolute Gasteiger partial charge is 0.484 e. The highest BCUT2D eigenvalue weighted by molar-refractivity contribution is 5.97. The van der Waals surface area contributed by atoms with Crippen molar-refractivity contribution in [1.29, 1.82) is 5.41 Å². The van der Waals surface area contributed by atoms with Gasteiger partial charge in [-0.2, -0.15) is 0 Å². The Morgan fingerprint density at radius 2 is 1.74 bits per heavy atom. The van der Waals surface area contributed by atoms with E-state index in [-0.39, 0.29) is 24.9 Å². The Morgan fingerprint density at radius 1 is 1.00 bits per heavy atom. The van der Waals surface area contributed by atoms with Crippen molar-refractivity contribution in [3.8, 4) is 5.75 Å². The lowest BCUT2D eigenvalue weighted by Gasteiger charge is -2.25. The van der Waals surface area contributed by atoms with E-state index in [1.807, 2.05) is 47.4 Å². The molecule has 1 saturated heterocycles. The third-order valence-electron chi connectivity index (χ3n) is 6.51. The highest BCUT2D eigenvalue weighted by Crippen LogP contribution is 2.26. The molecule has 0 saturated carbocycles. The van der Waals surface area contributed by atoms with Crippen molar-refractivity contribution in [3.63, 3.8) is 0 Å². The van der Waals surface area contributed by atoms with Gasteiger partial charge in [0.2, 0.25) is 5.91 Å². The number of hydrogen-bond donors (Lipinski definition) is 5. The van der Waals surface area contributed by atoms with Gasteiger partial charge < -0.3 is 31.7 Å². The molecule has 9 heteroatoms. The molecule has 1 aliphatic heterocycles. The molecular weight excluding hydrogens is 480 g/mol. The summed E-state index contributed by atoms with van der Waals surface area (Å²) < 4.78 is 5.44. The number of amidine groups is 1. The predicted octanol–water partition coefficient (Wildman–Crippen LogP) is 2.95. The van der Waals surface area contributed by atoms with Gasteiger partial charge in [-0.15, -0.1) is 0 Å². The fourth-order valence-electron chi connectivity index (χ4n) is 4.58. The molecule has 198 valence electrons. The molecule has 0 bridgehead atoms. The van der Waals surface area contributed by atoms with Crippen molar-refractivity contribution < 1.29 is 14.3 Å². The van der Waals surface area contributed by atoms with E-state index >= 15 is 0 Å². The summed E-state index contributed by atoms with van der Waals surface area (Å²) in [6.07, 6.45) is 2.24. The van der Waals surface area contributed by atoms with E-state index in [1.54, 1.807) is 18.2 Å². The van der Waals surface area contributed by atoms with Gasteiger partial charge in [-0.25, -0.2) is 0 Å². The molecule has 0 aliphatic carbocycles. The number of ether oxygens (including phenoxy) is 1. The van der Waals surface area contributed by atoms with Crippen LogP contribution in [-0.2, 0) is 16.1 Å². The van der Waals surface area contributed by atoms with Crippen molar-refractivity contribution in [2.75, 3.05) is 36.5 Å². The number of nitrogens with zero attached hydrogens (tertiary/aromatic N) is 1. The number of benzene rings is 3. The van der Waals surface area contributed by atoms with Crippen molar-refractivity contribution in [2.45, 2.75) is 25.3 Å². The topological polar surface area (TPSA) is 147 Å². The maximum atomic E-state index is 13.1. The minimum atomic E-state index is -0.557. The number of carbonyl (C=O) groups is 2. The Bertz CT molecular complexity index is 1270. The Hall–Kier alpha value is -4.37. The lowest BCUT2D eigenvalue weighted by atomic mass is 9.90. The summed E-state index contributed by atoms with van der Waals surface area (Å²) in [4.78, 5) is 26.1. The molecule has 38 heavy (non-hydrogen) atoms. The quantitative estimate of drug-likeness (QED) is 0.196. The van der Waals surface area contributed by atoms with Gasteiger partial charge in [0.15, 0.2) is 6.61 Å². The Balaban J connectivity index is 1.49. The van der Waals surface area contributed by atoms with Gasteiger partial charge in [0.05, 0.1) is 6.54 Å². The Kier molecular flexibility index (Phi) is 8.94. The number of nitrogen functional groups attached to an aromatic ring is 1. The van der Waals surface area contributed by atoms with Crippen LogP contribution in [0.25, 0.3) is 0 Å². The van der Waals surface area contributed by atoms with Gasteiger partial charge in [0.25, 0.3) is 5.91 Å². The molecule has 4 rings (SSSR count). The van der Waals surface area contributed by atoms with Gasteiger partial charge in [0.1, 0.15) is 11.6 Å². The van der Waals surface area contributed by atoms with E-state index in [9.17, 15) is 9.59 Å². The van der Waals surface area contributed by atoms with Gasteiger partial charge in [0, 0.05) is 23.5 Å². The van der Waals surface area contributed by atoms with Crippen LogP contribution in [0, 0.1) is 5.41 Å². The fourth-order valence-corrected chi connectivity index (χ4v) is 4.58. The third-order valence-corrected chi connectivity index (χ3v) is 6.51. The number of nitrogens with two attached hydrogens (primary N) is 2. The number of primary amides is 1. The lowest BCUT2D eigenvalue weighted by molar-refractivity contribution is -0.120. The maximum absolute atomic E-state index is 13.1. The van der Waals surface area contributed by atoms with E-state index in [1.165, 1.54) is 5.56 Å². The summed E-state index contributed by atoms with van der Waals surface area (Å²) >= 11 is 0. The van der Waals surface area contributed by atoms with E-state index in [4.69, 9.17) is 21.6 Å². The van der Waals surface area contributed by atoms with Gasteiger partial charge in [-0.3, -0.25) is 15.0 Å². The number of nitrogens with one attached hydrogen (secondary N) is 3. The molecule has 0 radical (unpaired) electrons. The molecule has 0 atom stereocenters. The molecule has 0 unspecified atom stereocenters. The summed E-state index contributed by atoms with van der Waals surface area (Å²) in [5, 5.41) is 14.2. The zero-order chi connectivity index (χ0) is 26.9. The average Bonchev–Trinajstić information content (AvgIpc) is 2.93. The minimum Gasteiger partial charge on any atom is -0.484 e. The second-order valence-electron chi connectivity index (χ2n) is 9.42. The monoisotopic (exact) mass is 514 g/mol. The second kappa shape index (κ2) is 12.7. The van der Waals surface area contributed by atoms with Crippen molar-refractivity contribution in [1.82, 2.24) is 5.32 Å². The average molecular weight is 515 g/mol. The minimum absolute atomic E-state index is 0.0491. The predicted molar refractivity (Wildman–Crippen MR) is 150 cm³/mol. The molecule has 3 aromatic rings. The van der Waals surface area contributed by atoms with Crippen LogP contribution in [0.5, 0.6) is 5.75 Å². The molecule has 0 spiro atoms. The van der Waals surface area contributed by atoms with Gasteiger partial charge in [-0.05, 0) is 79.4 Å². The Morgan fingerprint density at radius 3 is 2.45 bits per heavy atom. The fraction of sp³-hybridized carbons (Fsp3) is 0.276. The highest BCUT2D eigenvalue weighted by atomic mass is 16.5. The standard InChI is InChI=1S/C29H34N6O3/c30-27(36)19-38-26-6-1-3-20(15-26)17-35(25-5-2-4-23(16-25)29(31)32)18-28(37)34-24-9-7-21(8-10-24)22-11-13-33-14-12-22/h1-10,15-16,22,33H,11-14,17-19H2,(H2,30,36)(H3,31,32)(H,34,37). The molecule has 0 aromatic heterocycles. The first kappa shape index (κ1) is 26.7.